The monoisotopic (exact) mass is 543 g/mol. The molecule has 0 aromatic heterocycles. The number of halogens is 1. The maximum atomic E-state index is 12.9. The number of benzene rings is 3. The number of nitrogens with zero attached hydrogens (tertiary/aromatic N) is 1. The second kappa shape index (κ2) is 10.4. The number of hydrogen-bond donors (Lipinski definition) is 2. The minimum atomic E-state index is -3.85. The summed E-state index contributed by atoms with van der Waals surface area (Å²) in [5.41, 5.74) is 4.76. The fourth-order valence-electron chi connectivity index (χ4n) is 3.32. The van der Waals surface area contributed by atoms with Crippen LogP contribution in [0.4, 0.5) is 0 Å². The fourth-order valence-corrected chi connectivity index (χ4v) is 4.97. The van der Waals surface area contributed by atoms with Gasteiger partial charge in [-0.1, -0.05) is 48.0 Å². The van der Waals surface area contributed by atoms with Crippen LogP contribution in [0.15, 0.2) is 81.2 Å². The Bertz CT molecular complexity index is 1310. The molecule has 1 aliphatic rings. The normalized spacial score (nSPS) is 13.7. The lowest BCUT2D eigenvalue weighted by Gasteiger charge is -2.18. The number of hydrogen-bond acceptors (Lipinski definition) is 6. The summed E-state index contributed by atoms with van der Waals surface area (Å²) in [5.74, 6) is 0.763. The molecule has 4 rings (SSSR count). The Morgan fingerprint density at radius 3 is 2.47 bits per heavy atom. The molecule has 34 heavy (non-hydrogen) atoms. The van der Waals surface area contributed by atoms with Crippen molar-refractivity contribution in [3.8, 4) is 11.5 Å². The highest BCUT2D eigenvalue weighted by molar-refractivity contribution is 9.10. The average Bonchev–Trinajstić information content (AvgIpc) is 3.26. The SMILES string of the molecule is Cc1ccc(S(=O)(=O)N[C@@H](CC(=O)N/N=C\c2cc3c(cc2Br)OCO3)c2ccccc2)cc1. The first kappa shape index (κ1) is 23.9. The molecule has 0 fully saturated rings. The van der Waals surface area contributed by atoms with Crippen LogP contribution in [0.1, 0.15) is 29.2 Å². The number of sulfonamides is 1. The van der Waals surface area contributed by atoms with Crippen LogP contribution < -0.4 is 19.6 Å². The van der Waals surface area contributed by atoms with E-state index >= 15 is 0 Å². The molecule has 0 unspecified atom stereocenters. The van der Waals surface area contributed by atoms with Crippen molar-refractivity contribution in [1.29, 1.82) is 0 Å². The Kier molecular flexibility index (Phi) is 7.30. The summed E-state index contributed by atoms with van der Waals surface area (Å²) in [6, 6.07) is 18.2. The minimum absolute atomic E-state index is 0.130. The quantitative estimate of drug-likeness (QED) is 0.329. The lowest BCUT2D eigenvalue weighted by molar-refractivity contribution is -0.121. The molecule has 0 bridgehead atoms. The number of rotatable bonds is 8. The molecule has 0 aliphatic carbocycles. The molecule has 0 spiro atoms. The Hall–Kier alpha value is -3.21. The number of aryl methyl sites for hydroxylation is 1. The van der Waals surface area contributed by atoms with E-state index in [4.69, 9.17) is 9.47 Å². The predicted octanol–water partition coefficient (Wildman–Crippen LogP) is 4.05. The number of amides is 1. The average molecular weight is 544 g/mol. The van der Waals surface area contributed by atoms with Crippen molar-refractivity contribution in [2.75, 3.05) is 6.79 Å². The van der Waals surface area contributed by atoms with E-state index in [0.717, 1.165) is 10.0 Å². The van der Waals surface area contributed by atoms with E-state index in [-0.39, 0.29) is 18.1 Å². The summed E-state index contributed by atoms with van der Waals surface area (Å²) in [6.45, 7) is 2.03. The van der Waals surface area contributed by atoms with Gasteiger partial charge in [0, 0.05) is 16.5 Å². The molecular weight excluding hydrogens is 522 g/mol. The van der Waals surface area contributed by atoms with Gasteiger partial charge >= 0.3 is 0 Å². The Labute approximate surface area is 206 Å². The van der Waals surface area contributed by atoms with Gasteiger partial charge in [-0.05, 0) is 52.7 Å². The number of hydrazone groups is 1. The third-order valence-corrected chi connectivity index (χ3v) is 7.28. The van der Waals surface area contributed by atoms with Crippen LogP contribution in [0.5, 0.6) is 11.5 Å². The molecule has 1 aliphatic heterocycles. The molecule has 2 N–H and O–H groups in total. The second-order valence-electron chi connectivity index (χ2n) is 7.62. The molecule has 8 nitrogen and oxygen atoms in total. The zero-order valence-corrected chi connectivity index (χ0v) is 20.6. The molecule has 10 heteroatoms. The minimum Gasteiger partial charge on any atom is -0.454 e. The molecule has 3 aromatic rings. The molecule has 1 amide bonds. The summed E-state index contributed by atoms with van der Waals surface area (Å²) < 4.78 is 39.9. The van der Waals surface area contributed by atoms with Gasteiger partial charge in [0.05, 0.1) is 17.2 Å². The van der Waals surface area contributed by atoms with Gasteiger partial charge in [0.15, 0.2) is 11.5 Å². The zero-order valence-electron chi connectivity index (χ0n) is 18.2. The summed E-state index contributed by atoms with van der Waals surface area (Å²) >= 11 is 3.43. The van der Waals surface area contributed by atoms with Crippen molar-refractivity contribution in [1.82, 2.24) is 10.1 Å². The van der Waals surface area contributed by atoms with Crippen LogP contribution in [0.2, 0.25) is 0 Å². The first-order valence-electron chi connectivity index (χ1n) is 10.4. The van der Waals surface area contributed by atoms with Gasteiger partial charge in [-0.2, -0.15) is 5.10 Å². The van der Waals surface area contributed by atoms with E-state index in [0.29, 0.717) is 22.6 Å². The summed E-state index contributed by atoms with van der Waals surface area (Å²) in [7, 11) is -3.85. The van der Waals surface area contributed by atoms with Gasteiger partial charge < -0.3 is 9.47 Å². The molecule has 0 saturated heterocycles. The van der Waals surface area contributed by atoms with Gasteiger partial charge in [-0.3, -0.25) is 4.79 Å². The lowest BCUT2D eigenvalue weighted by Crippen LogP contribution is -2.32. The van der Waals surface area contributed by atoms with Crippen molar-refractivity contribution in [3.63, 3.8) is 0 Å². The molecule has 1 heterocycles. The van der Waals surface area contributed by atoms with Gasteiger partial charge in [0.1, 0.15) is 0 Å². The number of carbonyl (C=O) groups excluding carboxylic acids is 1. The predicted molar refractivity (Wildman–Crippen MR) is 131 cm³/mol. The lowest BCUT2D eigenvalue weighted by atomic mass is 10.0. The standard InChI is InChI=1S/C24H22BrN3O5S/c1-16-7-9-19(10-8-16)34(30,31)28-21(17-5-3-2-4-6-17)13-24(29)27-26-14-18-11-22-23(12-20(18)25)33-15-32-22/h2-12,14,21,28H,13,15H2,1H3,(H,27,29)/b26-14-/t21-/m0/s1. The van der Waals surface area contributed by atoms with Gasteiger partial charge in [-0.15, -0.1) is 0 Å². The maximum Gasteiger partial charge on any atom is 0.242 e. The first-order valence-corrected chi connectivity index (χ1v) is 12.6. The Morgan fingerprint density at radius 1 is 1.09 bits per heavy atom. The van der Waals surface area contributed by atoms with Gasteiger partial charge in [0.25, 0.3) is 0 Å². The van der Waals surface area contributed by atoms with Crippen LogP contribution in [0.3, 0.4) is 0 Å². The largest absolute Gasteiger partial charge is 0.454 e. The first-order chi connectivity index (χ1) is 16.3. The highest BCUT2D eigenvalue weighted by Gasteiger charge is 2.24. The van der Waals surface area contributed by atoms with E-state index in [1.54, 1.807) is 48.5 Å². The van der Waals surface area contributed by atoms with E-state index in [1.165, 1.54) is 18.3 Å². The third-order valence-electron chi connectivity index (χ3n) is 5.10. The number of nitrogens with one attached hydrogen (secondary N) is 2. The molecule has 1 atom stereocenters. The van der Waals surface area contributed by atoms with E-state index in [1.807, 2.05) is 13.0 Å². The number of ether oxygens (including phenoxy) is 2. The Morgan fingerprint density at radius 2 is 1.76 bits per heavy atom. The van der Waals surface area contributed by atoms with Crippen molar-refractivity contribution >= 4 is 38.1 Å². The van der Waals surface area contributed by atoms with Crippen molar-refractivity contribution in [2.24, 2.45) is 5.10 Å². The fraction of sp³-hybridized carbons (Fsp3) is 0.167. The van der Waals surface area contributed by atoms with Crippen molar-refractivity contribution in [2.45, 2.75) is 24.3 Å². The second-order valence-corrected chi connectivity index (χ2v) is 10.2. The van der Waals surface area contributed by atoms with Crippen LogP contribution in [-0.2, 0) is 14.8 Å². The highest BCUT2D eigenvalue weighted by Crippen LogP contribution is 2.36. The number of fused-ring (bicyclic) bond motifs is 1. The third kappa shape index (κ3) is 5.82. The van der Waals surface area contributed by atoms with Crippen LogP contribution in [0.25, 0.3) is 0 Å². The van der Waals surface area contributed by atoms with Gasteiger partial charge in [0.2, 0.25) is 22.7 Å². The van der Waals surface area contributed by atoms with Crippen LogP contribution >= 0.6 is 15.9 Å². The zero-order chi connectivity index (χ0) is 24.1. The summed E-state index contributed by atoms with van der Waals surface area (Å²) in [6.07, 6.45) is 1.33. The van der Waals surface area contributed by atoms with Gasteiger partial charge in [-0.25, -0.2) is 18.6 Å². The molecule has 3 aromatic carbocycles. The number of carbonyl (C=O) groups is 1. The molecular formula is C24H22BrN3O5S. The molecule has 0 radical (unpaired) electrons. The highest BCUT2D eigenvalue weighted by atomic mass is 79.9. The summed E-state index contributed by atoms with van der Waals surface area (Å²) in [4.78, 5) is 12.8. The topological polar surface area (TPSA) is 106 Å². The summed E-state index contributed by atoms with van der Waals surface area (Å²) in [5, 5.41) is 4.01. The molecule has 0 saturated carbocycles. The smallest absolute Gasteiger partial charge is 0.242 e. The maximum absolute atomic E-state index is 12.9. The van der Waals surface area contributed by atoms with E-state index in [2.05, 4.69) is 31.2 Å². The molecule has 176 valence electrons. The van der Waals surface area contributed by atoms with Crippen LogP contribution in [-0.4, -0.2) is 27.3 Å². The van der Waals surface area contributed by atoms with E-state index < -0.39 is 22.0 Å². The Balaban J connectivity index is 1.47. The van der Waals surface area contributed by atoms with Crippen LogP contribution in [0, 0.1) is 6.92 Å². The van der Waals surface area contributed by atoms with Crippen molar-refractivity contribution in [3.05, 3.63) is 87.9 Å². The van der Waals surface area contributed by atoms with Crippen molar-refractivity contribution < 1.29 is 22.7 Å². The van der Waals surface area contributed by atoms with E-state index in [9.17, 15) is 13.2 Å².